The molecular weight excluding hydrogens is 555 g/mol. The number of halogens is 3. The number of hydrogen-bond acceptors (Lipinski definition) is 0. The maximum atomic E-state index is 3.50. The Morgan fingerprint density at radius 3 is 1.58 bits per heavy atom. The van der Waals surface area contributed by atoms with E-state index in [2.05, 4.69) is 114 Å². The van der Waals surface area contributed by atoms with Crippen molar-refractivity contribution in [3.8, 4) is 0 Å². The van der Waals surface area contributed by atoms with Crippen molar-refractivity contribution in [2.24, 2.45) is 0 Å². The smallest absolute Gasteiger partial charge is 0.267 e. The van der Waals surface area contributed by atoms with Gasteiger partial charge in [0.15, 0.2) is 0 Å². The third kappa shape index (κ3) is 10.4. The Bertz CT molecular complexity index is 1060. The van der Waals surface area contributed by atoms with E-state index in [-0.39, 0.29) is 58.9 Å². The molecule has 192 valence electrons. The van der Waals surface area contributed by atoms with E-state index in [1.54, 1.807) is 0 Å². The zero-order valence-corrected chi connectivity index (χ0v) is 28.5. The van der Waals surface area contributed by atoms with Crippen molar-refractivity contribution < 1.29 is 21.7 Å². The van der Waals surface area contributed by atoms with E-state index < -0.39 is 0 Å². The molecule has 0 saturated carbocycles. The van der Waals surface area contributed by atoms with E-state index in [1.165, 1.54) is 60.3 Å². The predicted molar refractivity (Wildman–Crippen MR) is 164 cm³/mol. The van der Waals surface area contributed by atoms with Crippen molar-refractivity contribution in [2.45, 2.75) is 59.4 Å². The molecule has 5 heteroatoms. The third-order valence-electron chi connectivity index (χ3n) is 6.62. The van der Waals surface area contributed by atoms with Crippen molar-refractivity contribution in [1.82, 2.24) is 0 Å². The molecule has 36 heavy (non-hydrogen) atoms. The standard InChI is InChI=1S/C22H21.C9H15Si.3ClH.Ti/c1-17-7-11-19(12-8-17)15-21-5-3-4-6-22(21)16-20-13-9-18(2)10-14-20;1-6-5-9(4,10)8(3)7(6)2;;;;/h3-5,7-14H,15-16H2,1-2H3;1-4,10H3;3*1H;/q2*-1;;;;+2. The molecule has 0 amide bonds. The monoisotopic (exact) mass is 592 g/mol. The topological polar surface area (TPSA) is 0 Å². The normalized spacial score (nSPS) is 15.8. The van der Waals surface area contributed by atoms with Gasteiger partial charge in [0, 0.05) is 0 Å². The fraction of sp³-hybridized carbons (Fsp3) is 0.290. The summed E-state index contributed by atoms with van der Waals surface area (Å²) in [5.41, 5.74) is 12.3. The molecule has 0 saturated heterocycles. The van der Waals surface area contributed by atoms with E-state index >= 15 is 0 Å². The Morgan fingerprint density at radius 2 is 1.19 bits per heavy atom. The second-order valence-corrected chi connectivity index (χ2v) is 11.6. The summed E-state index contributed by atoms with van der Waals surface area (Å²) in [5, 5.41) is 0.328. The summed E-state index contributed by atoms with van der Waals surface area (Å²) in [4.78, 5) is 0. The summed E-state index contributed by atoms with van der Waals surface area (Å²) in [7, 11) is 1.18. The van der Waals surface area contributed by atoms with Crippen LogP contribution in [0, 0.1) is 26.0 Å². The minimum atomic E-state index is 0. The molecule has 0 spiro atoms. The molecule has 0 nitrogen and oxygen atoms in total. The second-order valence-electron chi connectivity index (χ2n) is 9.62. The molecular formula is C31H39Cl3SiTi. The summed E-state index contributed by atoms with van der Waals surface area (Å²) in [6.07, 6.45) is 5.41. The number of rotatable bonds is 4. The summed E-state index contributed by atoms with van der Waals surface area (Å²) in [5.74, 6) is 0. The van der Waals surface area contributed by atoms with Gasteiger partial charge in [0.1, 0.15) is 0 Å². The molecule has 0 heterocycles. The van der Waals surface area contributed by atoms with Gasteiger partial charge in [-0.3, -0.25) is 6.08 Å². The van der Waals surface area contributed by atoms with Crippen LogP contribution in [0.5, 0.6) is 0 Å². The van der Waals surface area contributed by atoms with Gasteiger partial charge < -0.3 is 0 Å². The molecule has 0 N–H and O–H groups in total. The van der Waals surface area contributed by atoms with Crippen LogP contribution in [0.15, 0.2) is 83.4 Å². The molecule has 1 aliphatic carbocycles. The van der Waals surface area contributed by atoms with Crippen LogP contribution in [-0.4, -0.2) is 10.2 Å². The Morgan fingerprint density at radius 1 is 0.722 bits per heavy atom. The Balaban J connectivity index is 0. The maximum Gasteiger partial charge on any atom is 2.00 e. The van der Waals surface area contributed by atoms with Crippen LogP contribution in [0.2, 0.25) is 5.04 Å². The van der Waals surface area contributed by atoms with Crippen LogP contribution in [-0.2, 0) is 34.6 Å². The third-order valence-corrected chi connectivity index (χ3v) is 7.62. The summed E-state index contributed by atoms with van der Waals surface area (Å²) in [6, 6.07) is 27.3. The number of benzene rings is 3. The van der Waals surface area contributed by atoms with E-state index in [0.29, 0.717) is 5.04 Å². The fourth-order valence-electron chi connectivity index (χ4n) is 4.08. The largest absolute Gasteiger partial charge is 2.00 e. The minimum absolute atomic E-state index is 0. The van der Waals surface area contributed by atoms with Gasteiger partial charge in [-0.15, -0.1) is 49.7 Å². The minimum Gasteiger partial charge on any atom is -0.267 e. The van der Waals surface area contributed by atoms with Crippen molar-refractivity contribution in [3.63, 3.8) is 0 Å². The van der Waals surface area contributed by atoms with Gasteiger partial charge >= 0.3 is 21.7 Å². The van der Waals surface area contributed by atoms with Gasteiger partial charge in [0.25, 0.3) is 0 Å². The molecule has 1 atom stereocenters. The molecule has 1 unspecified atom stereocenters. The zero-order valence-electron chi connectivity index (χ0n) is 22.5. The average Bonchev–Trinajstić information content (AvgIpc) is 2.94. The zero-order chi connectivity index (χ0) is 23.3. The molecule has 1 aliphatic rings. The van der Waals surface area contributed by atoms with Crippen LogP contribution in [0.1, 0.15) is 61.1 Å². The van der Waals surface area contributed by atoms with Crippen molar-refractivity contribution in [2.75, 3.05) is 0 Å². The van der Waals surface area contributed by atoms with Crippen LogP contribution in [0.25, 0.3) is 0 Å². The van der Waals surface area contributed by atoms with Gasteiger partial charge in [0.05, 0.1) is 0 Å². The van der Waals surface area contributed by atoms with Crippen LogP contribution < -0.4 is 0 Å². The molecule has 0 aliphatic heterocycles. The quantitative estimate of drug-likeness (QED) is 0.211. The molecule has 0 aromatic heterocycles. The predicted octanol–water partition coefficient (Wildman–Crippen LogP) is 8.18. The first-order chi connectivity index (χ1) is 15.2. The Kier molecular flexibility index (Phi) is 17.2. The number of allylic oxidation sites excluding steroid dienone is 4. The molecule has 3 aromatic carbocycles. The van der Waals surface area contributed by atoms with Crippen LogP contribution >= 0.6 is 37.2 Å². The molecule has 4 rings (SSSR count). The molecule has 0 fully saturated rings. The summed E-state index contributed by atoms with van der Waals surface area (Å²) in [6.45, 7) is 13.1. The SMILES string of the molecule is CC1=[C-]C(C)([SiH3])C(C)=C1C.Cc1ccc(Cc2[c-]cccc2Cc2ccc(C)cc2)cc1.Cl.Cl.Cl.[Ti+2]. The Hall–Kier alpha value is -1.06. The average molecular weight is 594 g/mol. The second kappa shape index (κ2) is 16.7. The maximum absolute atomic E-state index is 3.50. The fourth-order valence-corrected chi connectivity index (χ4v) is 4.83. The Labute approximate surface area is 256 Å². The van der Waals surface area contributed by atoms with E-state index in [0.717, 1.165) is 12.8 Å². The van der Waals surface area contributed by atoms with Crippen LogP contribution in [0.3, 0.4) is 0 Å². The number of aryl methyl sites for hydroxylation is 2. The summed E-state index contributed by atoms with van der Waals surface area (Å²) >= 11 is 0. The molecule has 0 radical (unpaired) electrons. The molecule has 0 bridgehead atoms. The van der Waals surface area contributed by atoms with Gasteiger partial charge in [0.2, 0.25) is 0 Å². The van der Waals surface area contributed by atoms with Gasteiger partial charge in [-0.25, -0.2) is 5.57 Å². The van der Waals surface area contributed by atoms with Gasteiger partial charge in [-0.05, 0) is 42.5 Å². The van der Waals surface area contributed by atoms with Gasteiger partial charge in [-0.2, -0.15) is 41.0 Å². The van der Waals surface area contributed by atoms with Gasteiger partial charge in [-0.1, -0.05) is 91.0 Å². The van der Waals surface area contributed by atoms with Crippen molar-refractivity contribution >= 4 is 47.5 Å². The first-order valence-electron chi connectivity index (χ1n) is 11.6. The molecule has 3 aromatic rings. The summed E-state index contributed by atoms with van der Waals surface area (Å²) < 4.78 is 0. The van der Waals surface area contributed by atoms with E-state index in [1.807, 2.05) is 6.07 Å². The van der Waals surface area contributed by atoms with Crippen molar-refractivity contribution in [1.29, 1.82) is 0 Å². The van der Waals surface area contributed by atoms with Crippen LogP contribution in [0.4, 0.5) is 0 Å². The number of hydrogen-bond donors (Lipinski definition) is 0. The first-order valence-corrected chi connectivity index (χ1v) is 12.6. The first kappa shape index (κ1) is 37.1. The van der Waals surface area contributed by atoms with Crippen molar-refractivity contribution in [3.05, 3.63) is 129 Å². The van der Waals surface area contributed by atoms with E-state index in [9.17, 15) is 0 Å². The van der Waals surface area contributed by atoms with E-state index in [4.69, 9.17) is 0 Å².